The van der Waals surface area contributed by atoms with Crippen molar-refractivity contribution in [1.82, 2.24) is 4.90 Å². The van der Waals surface area contributed by atoms with E-state index in [0.29, 0.717) is 0 Å². The molecule has 0 radical (unpaired) electrons. The average molecular weight is 335 g/mol. The van der Waals surface area contributed by atoms with E-state index in [1.165, 1.54) is 74.2 Å². The van der Waals surface area contributed by atoms with Crippen molar-refractivity contribution < 1.29 is 0 Å². The highest BCUT2D eigenvalue weighted by Crippen LogP contribution is 2.34. The molecule has 1 aliphatic heterocycles. The Morgan fingerprint density at radius 1 is 1.08 bits per heavy atom. The van der Waals surface area contributed by atoms with Crippen molar-refractivity contribution >= 4 is 5.84 Å². The molecular weight excluding hydrogens is 304 g/mol. The first-order valence-corrected chi connectivity index (χ1v) is 10.0. The molecule has 0 N–H and O–H groups in total. The fourth-order valence-electron chi connectivity index (χ4n) is 4.58. The van der Waals surface area contributed by atoms with Crippen LogP contribution in [-0.4, -0.2) is 17.8 Å². The molecular formula is C23H30N2. The number of aryl methyl sites for hydroxylation is 2. The van der Waals surface area contributed by atoms with E-state index in [2.05, 4.69) is 36.7 Å². The predicted molar refractivity (Wildman–Crippen MR) is 106 cm³/mol. The normalized spacial score (nSPS) is 19.3. The van der Waals surface area contributed by atoms with E-state index in [1.54, 1.807) is 16.7 Å². The highest BCUT2D eigenvalue weighted by Gasteiger charge is 2.23. The van der Waals surface area contributed by atoms with Gasteiger partial charge in [-0.05, 0) is 86.5 Å². The summed E-state index contributed by atoms with van der Waals surface area (Å²) in [5.74, 6) is 1.21. The summed E-state index contributed by atoms with van der Waals surface area (Å²) in [4.78, 5) is 7.18. The van der Waals surface area contributed by atoms with Gasteiger partial charge in [0, 0.05) is 24.9 Å². The van der Waals surface area contributed by atoms with Crippen LogP contribution in [0.1, 0.15) is 68.1 Å². The molecule has 0 fully saturated rings. The van der Waals surface area contributed by atoms with Gasteiger partial charge in [-0.3, -0.25) is 0 Å². The van der Waals surface area contributed by atoms with Gasteiger partial charge in [-0.15, -0.1) is 0 Å². The van der Waals surface area contributed by atoms with Crippen molar-refractivity contribution in [3.05, 3.63) is 58.4 Å². The fraction of sp³-hybridized carbons (Fsp3) is 0.522. The number of rotatable bonds is 4. The monoisotopic (exact) mass is 334 g/mol. The highest BCUT2D eigenvalue weighted by atomic mass is 15.2. The molecule has 0 atom stereocenters. The van der Waals surface area contributed by atoms with Crippen LogP contribution in [0.2, 0.25) is 0 Å². The Labute approximate surface area is 152 Å². The van der Waals surface area contributed by atoms with Crippen molar-refractivity contribution in [2.45, 2.75) is 70.6 Å². The molecule has 0 saturated carbocycles. The summed E-state index contributed by atoms with van der Waals surface area (Å²) >= 11 is 0. The Hall–Kier alpha value is -1.83. The van der Waals surface area contributed by atoms with Gasteiger partial charge in [-0.25, -0.2) is 4.99 Å². The minimum absolute atomic E-state index is 1.02. The minimum atomic E-state index is 1.02. The maximum absolute atomic E-state index is 4.92. The minimum Gasteiger partial charge on any atom is -0.337 e. The third-order valence-corrected chi connectivity index (χ3v) is 6.22. The van der Waals surface area contributed by atoms with Crippen LogP contribution in [0.4, 0.5) is 0 Å². The summed E-state index contributed by atoms with van der Waals surface area (Å²) in [6.07, 6.45) is 13.5. The van der Waals surface area contributed by atoms with Crippen LogP contribution in [0.15, 0.2) is 46.7 Å². The summed E-state index contributed by atoms with van der Waals surface area (Å²) in [6, 6.07) is 6.89. The predicted octanol–water partition coefficient (Wildman–Crippen LogP) is 5.57. The number of amidine groups is 1. The van der Waals surface area contributed by atoms with Crippen LogP contribution in [-0.2, 0) is 19.3 Å². The Kier molecular flexibility index (Phi) is 4.78. The first kappa shape index (κ1) is 16.6. The van der Waals surface area contributed by atoms with Crippen molar-refractivity contribution in [2.75, 3.05) is 7.05 Å². The van der Waals surface area contributed by atoms with E-state index in [1.807, 2.05) is 0 Å². The molecule has 4 rings (SSSR count). The van der Waals surface area contributed by atoms with Gasteiger partial charge < -0.3 is 4.90 Å². The van der Waals surface area contributed by atoms with Crippen LogP contribution in [0, 0.1) is 0 Å². The standard InChI is InChI=1S/C23H30N2/c1-17(25(2)23-16-20-9-4-6-13-22(20)24-23)14-15-19-11-7-10-18-8-3-5-12-21(18)19/h7,10-11H,1,3-6,8-9,12-16H2,2H3. The molecule has 2 nitrogen and oxygen atoms in total. The lowest BCUT2D eigenvalue weighted by Crippen LogP contribution is -2.25. The van der Waals surface area contributed by atoms with Crippen molar-refractivity contribution in [2.24, 2.45) is 4.99 Å². The molecule has 0 spiro atoms. The first-order valence-electron chi connectivity index (χ1n) is 10.0. The number of fused-ring (bicyclic) bond motifs is 1. The van der Waals surface area contributed by atoms with Crippen LogP contribution in [0.5, 0.6) is 0 Å². The lowest BCUT2D eigenvalue weighted by atomic mass is 9.87. The van der Waals surface area contributed by atoms with Gasteiger partial charge in [0.1, 0.15) is 5.84 Å². The summed E-state index contributed by atoms with van der Waals surface area (Å²) in [6.45, 7) is 4.37. The number of hydrogen-bond acceptors (Lipinski definition) is 2. The van der Waals surface area contributed by atoms with E-state index < -0.39 is 0 Å². The molecule has 1 heterocycles. The fourth-order valence-corrected chi connectivity index (χ4v) is 4.58. The average Bonchev–Trinajstić information content (AvgIpc) is 3.09. The third-order valence-electron chi connectivity index (χ3n) is 6.22. The molecule has 1 aromatic carbocycles. The zero-order chi connectivity index (χ0) is 17.2. The van der Waals surface area contributed by atoms with Gasteiger partial charge in [-0.2, -0.15) is 0 Å². The molecule has 1 aromatic rings. The summed E-state index contributed by atoms with van der Waals surface area (Å²) in [5, 5.41) is 0. The maximum atomic E-state index is 4.92. The van der Waals surface area contributed by atoms with Gasteiger partial charge >= 0.3 is 0 Å². The molecule has 0 saturated heterocycles. The number of benzene rings is 1. The zero-order valence-electron chi connectivity index (χ0n) is 15.6. The van der Waals surface area contributed by atoms with E-state index in [4.69, 9.17) is 4.99 Å². The second kappa shape index (κ2) is 7.19. The second-order valence-electron chi connectivity index (χ2n) is 7.85. The number of allylic oxidation sites excluding steroid dienone is 2. The number of nitrogens with zero attached hydrogens (tertiary/aromatic N) is 2. The number of hydrogen-bond donors (Lipinski definition) is 0. The largest absolute Gasteiger partial charge is 0.337 e. The molecule has 0 unspecified atom stereocenters. The maximum Gasteiger partial charge on any atom is 0.112 e. The molecule has 25 heavy (non-hydrogen) atoms. The van der Waals surface area contributed by atoms with Crippen LogP contribution < -0.4 is 0 Å². The van der Waals surface area contributed by atoms with Crippen molar-refractivity contribution in [1.29, 1.82) is 0 Å². The Morgan fingerprint density at radius 2 is 1.88 bits per heavy atom. The Balaban J connectivity index is 1.38. The highest BCUT2D eigenvalue weighted by molar-refractivity contribution is 5.89. The van der Waals surface area contributed by atoms with Crippen LogP contribution in [0.3, 0.4) is 0 Å². The van der Waals surface area contributed by atoms with Crippen LogP contribution in [0.25, 0.3) is 0 Å². The lowest BCUT2D eigenvalue weighted by Gasteiger charge is -2.23. The summed E-state index contributed by atoms with van der Waals surface area (Å²) in [5.41, 5.74) is 8.90. The smallest absolute Gasteiger partial charge is 0.112 e. The van der Waals surface area contributed by atoms with E-state index in [9.17, 15) is 0 Å². The van der Waals surface area contributed by atoms with E-state index >= 15 is 0 Å². The molecule has 2 heteroatoms. The lowest BCUT2D eigenvalue weighted by molar-refractivity contribution is 0.579. The third kappa shape index (κ3) is 3.44. The molecule has 0 bridgehead atoms. The van der Waals surface area contributed by atoms with Gasteiger partial charge in [0.05, 0.1) is 0 Å². The Bertz CT molecular complexity index is 738. The molecule has 0 aromatic heterocycles. The van der Waals surface area contributed by atoms with E-state index in [-0.39, 0.29) is 0 Å². The Morgan fingerprint density at radius 3 is 2.76 bits per heavy atom. The van der Waals surface area contributed by atoms with Gasteiger partial charge in [0.15, 0.2) is 0 Å². The second-order valence-corrected chi connectivity index (χ2v) is 7.85. The topological polar surface area (TPSA) is 15.6 Å². The first-order chi connectivity index (χ1) is 12.2. The van der Waals surface area contributed by atoms with Crippen molar-refractivity contribution in [3.63, 3.8) is 0 Å². The molecule has 132 valence electrons. The van der Waals surface area contributed by atoms with E-state index in [0.717, 1.165) is 19.3 Å². The molecule has 3 aliphatic rings. The van der Waals surface area contributed by atoms with Gasteiger partial charge in [0.2, 0.25) is 0 Å². The quantitative estimate of drug-likeness (QED) is 0.702. The van der Waals surface area contributed by atoms with Gasteiger partial charge in [-0.1, -0.05) is 24.8 Å². The molecule has 2 aliphatic carbocycles. The van der Waals surface area contributed by atoms with Gasteiger partial charge in [0.25, 0.3) is 0 Å². The summed E-state index contributed by atoms with van der Waals surface area (Å²) in [7, 11) is 2.15. The summed E-state index contributed by atoms with van der Waals surface area (Å²) < 4.78 is 0. The number of aliphatic imine (C=N–C) groups is 1. The molecule has 0 amide bonds. The zero-order valence-corrected chi connectivity index (χ0v) is 15.6. The van der Waals surface area contributed by atoms with Crippen molar-refractivity contribution in [3.8, 4) is 0 Å². The SMILES string of the molecule is C=C(CCc1cccc2c1CCCC2)N(C)C1=NC2=C(CCCC2)C1. The van der Waals surface area contributed by atoms with Crippen LogP contribution >= 0.6 is 0 Å².